The van der Waals surface area contributed by atoms with Gasteiger partial charge in [-0.2, -0.15) is 5.26 Å². The van der Waals surface area contributed by atoms with Gasteiger partial charge in [-0.3, -0.25) is 4.98 Å². The molecule has 1 heterocycles. The highest BCUT2D eigenvalue weighted by molar-refractivity contribution is 5.66. The summed E-state index contributed by atoms with van der Waals surface area (Å²) in [5.74, 6) is 1.34. The van der Waals surface area contributed by atoms with Crippen LogP contribution in [0.5, 0.6) is 0 Å². The Morgan fingerprint density at radius 2 is 2.05 bits per heavy atom. The van der Waals surface area contributed by atoms with Gasteiger partial charge in [0, 0.05) is 6.54 Å². The van der Waals surface area contributed by atoms with Crippen LogP contribution in [0.3, 0.4) is 0 Å². The molecule has 5 nitrogen and oxygen atoms in total. The summed E-state index contributed by atoms with van der Waals surface area (Å²) in [6, 6.07) is 7.89. The zero-order valence-electron chi connectivity index (χ0n) is 11.6. The lowest BCUT2D eigenvalue weighted by Crippen LogP contribution is -2.04. The van der Waals surface area contributed by atoms with Crippen LogP contribution >= 0.6 is 0 Å². The Balaban J connectivity index is 2.22. The SMILES string of the molecule is CCCNc1cncc(Nc2cccc(C)c2C#N)n1. The highest BCUT2D eigenvalue weighted by atomic mass is 15.1. The summed E-state index contributed by atoms with van der Waals surface area (Å²) in [5.41, 5.74) is 2.31. The van der Waals surface area contributed by atoms with Gasteiger partial charge in [-0.05, 0) is 25.0 Å². The largest absolute Gasteiger partial charge is 0.369 e. The van der Waals surface area contributed by atoms with Crippen LogP contribution in [0, 0.1) is 18.3 Å². The van der Waals surface area contributed by atoms with Gasteiger partial charge in [0.15, 0.2) is 5.82 Å². The minimum atomic E-state index is 0.619. The van der Waals surface area contributed by atoms with Crippen LogP contribution < -0.4 is 10.6 Å². The fraction of sp³-hybridized carbons (Fsp3) is 0.267. The van der Waals surface area contributed by atoms with Gasteiger partial charge in [-0.15, -0.1) is 0 Å². The van der Waals surface area contributed by atoms with Gasteiger partial charge in [0.1, 0.15) is 11.9 Å². The lowest BCUT2D eigenvalue weighted by Gasteiger charge is -2.10. The van der Waals surface area contributed by atoms with Crippen LogP contribution in [0.4, 0.5) is 17.3 Å². The van der Waals surface area contributed by atoms with Crippen molar-refractivity contribution in [1.82, 2.24) is 9.97 Å². The normalized spacial score (nSPS) is 9.85. The van der Waals surface area contributed by atoms with Crippen molar-refractivity contribution in [3.05, 3.63) is 41.7 Å². The minimum absolute atomic E-state index is 0.619. The third kappa shape index (κ3) is 3.23. The zero-order chi connectivity index (χ0) is 14.4. The maximum Gasteiger partial charge on any atom is 0.151 e. The van der Waals surface area contributed by atoms with Crippen molar-refractivity contribution in [3.8, 4) is 6.07 Å². The predicted molar refractivity (Wildman–Crippen MR) is 80.0 cm³/mol. The average Bonchev–Trinajstić information content (AvgIpc) is 2.46. The number of anilines is 3. The van der Waals surface area contributed by atoms with Gasteiger partial charge < -0.3 is 10.6 Å². The molecule has 0 atom stereocenters. The van der Waals surface area contributed by atoms with E-state index in [9.17, 15) is 5.26 Å². The first kappa shape index (κ1) is 13.8. The number of benzene rings is 1. The molecule has 0 unspecified atom stereocenters. The molecule has 102 valence electrons. The summed E-state index contributed by atoms with van der Waals surface area (Å²) in [7, 11) is 0. The van der Waals surface area contributed by atoms with Crippen molar-refractivity contribution in [1.29, 1.82) is 5.26 Å². The van der Waals surface area contributed by atoms with E-state index in [0.717, 1.165) is 30.0 Å². The van der Waals surface area contributed by atoms with E-state index in [-0.39, 0.29) is 0 Å². The van der Waals surface area contributed by atoms with Crippen molar-refractivity contribution in [3.63, 3.8) is 0 Å². The zero-order valence-corrected chi connectivity index (χ0v) is 11.6. The number of aryl methyl sites for hydroxylation is 1. The molecule has 2 rings (SSSR count). The van der Waals surface area contributed by atoms with Crippen molar-refractivity contribution in [2.24, 2.45) is 0 Å². The second-order valence-corrected chi connectivity index (χ2v) is 4.45. The predicted octanol–water partition coefficient (Wildman–Crippen LogP) is 3.22. The highest BCUT2D eigenvalue weighted by Crippen LogP contribution is 2.22. The summed E-state index contributed by atoms with van der Waals surface area (Å²) in [6.07, 6.45) is 4.35. The smallest absolute Gasteiger partial charge is 0.151 e. The Hall–Kier alpha value is -2.61. The molecule has 0 fully saturated rings. The molecule has 0 aliphatic carbocycles. The number of aromatic nitrogens is 2. The Morgan fingerprint density at radius 3 is 2.80 bits per heavy atom. The number of rotatable bonds is 5. The maximum atomic E-state index is 9.21. The Labute approximate surface area is 118 Å². The van der Waals surface area contributed by atoms with Gasteiger partial charge in [0.2, 0.25) is 0 Å². The van der Waals surface area contributed by atoms with Crippen molar-refractivity contribution in [2.45, 2.75) is 20.3 Å². The number of nitrogens with zero attached hydrogens (tertiary/aromatic N) is 3. The summed E-state index contributed by atoms with van der Waals surface area (Å²) < 4.78 is 0. The second kappa shape index (κ2) is 6.53. The molecule has 1 aromatic heterocycles. The van der Waals surface area contributed by atoms with E-state index in [1.807, 2.05) is 25.1 Å². The van der Waals surface area contributed by atoms with E-state index in [2.05, 4.69) is 33.6 Å². The minimum Gasteiger partial charge on any atom is -0.369 e. The highest BCUT2D eigenvalue weighted by Gasteiger charge is 2.06. The number of nitrogens with one attached hydrogen (secondary N) is 2. The molecule has 20 heavy (non-hydrogen) atoms. The van der Waals surface area contributed by atoms with Crippen molar-refractivity contribution >= 4 is 17.3 Å². The summed E-state index contributed by atoms with van der Waals surface area (Å²) >= 11 is 0. The Morgan fingerprint density at radius 1 is 1.25 bits per heavy atom. The van der Waals surface area contributed by atoms with E-state index in [1.54, 1.807) is 12.4 Å². The van der Waals surface area contributed by atoms with Crippen LogP contribution in [0.15, 0.2) is 30.6 Å². The molecule has 0 amide bonds. The molecule has 0 aliphatic heterocycles. The Bertz CT molecular complexity index is 630. The number of hydrogen-bond donors (Lipinski definition) is 2. The molecule has 0 bridgehead atoms. The van der Waals surface area contributed by atoms with Crippen LogP contribution in [-0.2, 0) is 0 Å². The van der Waals surface area contributed by atoms with Crippen LogP contribution in [0.25, 0.3) is 0 Å². The van der Waals surface area contributed by atoms with E-state index in [1.165, 1.54) is 0 Å². The Kier molecular flexibility index (Phi) is 4.51. The monoisotopic (exact) mass is 267 g/mol. The lowest BCUT2D eigenvalue weighted by molar-refractivity contribution is 0.965. The molecule has 1 aromatic carbocycles. The van der Waals surface area contributed by atoms with E-state index in [4.69, 9.17) is 0 Å². The molecular formula is C15H17N5. The molecule has 0 radical (unpaired) electrons. The first-order chi connectivity index (χ1) is 9.74. The quantitative estimate of drug-likeness (QED) is 0.870. The van der Waals surface area contributed by atoms with Gasteiger partial charge in [-0.25, -0.2) is 4.98 Å². The molecule has 0 saturated carbocycles. The first-order valence-electron chi connectivity index (χ1n) is 6.57. The fourth-order valence-corrected chi connectivity index (χ4v) is 1.82. The van der Waals surface area contributed by atoms with Crippen LogP contribution in [0.2, 0.25) is 0 Å². The van der Waals surface area contributed by atoms with E-state index >= 15 is 0 Å². The molecule has 0 spiro atoms. The topological polar surface area (TPSA) is 73.6 Å². The van der Waals surface area contributed by atoms with Crippen LogP contribution in [-0.4, -0.2) is 16.5 Å². The molecular weight excluding hydrogens is 250 g/mol. The molecule has 5 heteroatoms. The third-order valence-corrected chi connectivity index (χ3v) is 2.84. The third-order valence-electron chi connectivity index (χ3n) is 2.84. The lowest BCUT2D eigenvalue weighted by atomic mass is 10.1. The molecule has 0 aliphatic rings. The van der Waals surface area contributed by atoms with Gasteiger partial charge in [-0.1, -0.05) is 19.1 Å². The van der Waals surface area contributed by atoms with E-state index < -0.39 is 0 Å². The molecule has 2 aromatic rings. The summed E-state index contributed by atoms with van der Waals surface area (Å²) in [4.78, 5) is 8.56. The van der Waals surface area contributed by atoms with Gasteiger partial charge >= 0.3 is 0 Å². The maximum absolute atomic E-state index is 9.21. The summed E-state index contributed by atoms with van der Waals surface area (Å²) in [6.45, 7) is 4.86. The van der Waals surface area contributed by atoms with E-state index in [0.29, 0.717) is 11.4 Å². The average molecular weight is 267 g/mol. The summed E-state index contributed by atoms with van der Waals surface area (Å²) in [5, 5.41) is 15.5. The van der Waals surface area contributed by atoms with Gasteiger partial charge in [0.25, 0.3) is 0 Å². The van der Waals surface area contributed by atoms with Gasteiger partial charge in [0.05, 0.1) is 23.6 Å². The van der Waals surface area contributed by atoms with Crippen molar-refractivity contribution < 1.29 is 0 Å². The number of hydrogen-bond acceptors (Lipinski definition) is 5. The molecule has 2 N–H and O–H groups in total. The second-order valence-electron chi connectivity index (χ2n) is 4.45. The fourth-order valence-electron chi connectivity index (χ4n) is 1.82. The molecule has 0 saturated heterocycles. The van der Waals surface area contributed by atoms with Crippen molar-refractivity contribution in [2.75, 3.05) is 17.2 Å². The first-order valence-corrected chi connectivity index (χ1v) is 6.57. The standard InChI is InChI=1S/C15H17N5/c1-3-7-18-14-9-17-10-15(20-14)19-13-6-4-5-11(2)12(13)8-16/h4-6,9-10H,3,7H2,1-2H3,(H2,18,19,20). The van der Waals surface area contributed by atoms with Crippen LogP contribution in [0.1, 0.15) is 24.5 Å². The number of nitriles is 1.